The smallest absolute Gasteiger partial charge is 0.282 e. The number of benzene rings is 3. The molecule has 7 heteroatoms. The van der Waals surface area contributed by atoms with Crippen molar-refractivity contribution in [3.8, 4) is 23.4 Å². The monoisotopic (exact) mass is 420 g/mol. The molecule has 0 aliphatic rings. The summed E-state index contributed by atoms with van der Waals surface area (Å²) in [5, 5.41) is 14.6. The van der Waals surface area contributed by atoms with Gasteiger partial charge in [0.1, 0.15) is 11.3 Å². The van der Waals surface area contributed by atoms with E-state index in [1.54, 1.807) is 61.9 Å². The molecule has 0 radical (unpaired) electrons. The Labute approximate surface area is 182 Å². The van der Waals surface area contributed by atoms with Crippen molar-refractivity contribution in [1.29, 1.82) is 5.26 Å². The van der Waals surface area contributed by atoms with Gasteiger partial charge in [-0.25, -0.2) is 4.98 Å². The molecular weight excluding hydrogens is 404 g/mol. The Kier molecular flexibility index (Phi) is 4.73. The zero-order valence-electron chi connectivity index (χ0n) is 17.0. The summed E-state index contributed by atoms with van der Waals surface area (Å²) < 4.78 is 12.7. The topological polar surface area (TPSA) is 93.4 Å². The summed E-state index contributed by atoms with van der Waals surface area (Å²) in [5.74, 6) is 1.33. The van der Waals surface area contributed by atoms with E-state index >= 15 is 0 Å². The highest BCUT2D eigenvalue weighted by atomic mass is 16.5. The molecule has 0 atom stereocenters. The summed E-state index contributed by atoms with van der Waals surface area (Å²) in [4.78, 5) is 18.0. The number of hydrogen-bond acceptors (Lipinski definition) is 6. The molecule has 0 saturated heterocycles. The van der Waals surface area contributed by atoms with Crippen LogP contribution in [0.4, 0.5) is 0 Å². The number of nitriles is 1. The molecule has 0 aliphatic carbocycles. The normalized spacial score (nSPS) is 11.2. The van der Waals surface area contributed by atoms with E-state index in [9.17, 15) is 4.79 Å². The molecule has 0 saturated carbocycles. The second kappa shape index (κ2) is 7.85. The molecule has 0 unspecified atom stereocenters. The van der Waals surface area contributed by atoms with Gasteiger partial charge in [0.15, 0.2) is 5.76 Å². The first-order valence-corrected chi connectivity index (χ1v) is 9.81. The van der Waals surface area contributed by atoms with Crippen molar-refractivity contribution in [2.75, 3.05) is 7.11 Å². The van der Waals surface area contributed by atoms with Crippen LogP contribution in [-0.4, -0.2) is 23.0 Å². The van der Waals surface area contributed by atoms with Crippen LogP contribution in [0.2, 0.25) is 0 Å². The molecule has 0 N–H and O–H groups in total. The van der Waals surface area contributed by atoms with Crippen molar-refractivity contribution < 1.29 is 9.15 Å². The molecule has 2 aromatic heterocycles. The van der Waals surface area contributed by atoms with Gasteiger partial charge in [0.2, 0.25) is 5.82 Å². The van der Waals surface area contributed by atoms with Crippen molar-refractivity contribution in [3.63, 3.8) is 0 Å². The van der Waals surface area contributed by atoms with Crippen molar-refractivity contribution >= 4 is 28.1 Å². The van der Waals surface area contributed by atoms with Crippen LogP contribution in [0.15, 0.2) is 87.1 Å². The number of para-hydroxylation sites is 1. The van der Waals surface area contributed by atoms with Crippen LogP contribution >= 0.6 is 0 Å². The van der Waals surface area contributed by atoms with E-state index < -0.39 is 0 Å². The van der Waals surface area contributed by atoms with Crippen LogP contribution in [0, 0.1) is 11.3 Å². The molecular formula is C25H16N4O3. The minimum atomic E-state index is -0.317. The molecule has 5 rings (SSSR count). The van der Waals surface area contributed by atoms with Crippen LogP contribution in [0.1, 0.15) is 11.1 Å². The van der Waals surface area contributed by atoms with Crippen molar-refractivity contribution in [2.45, 2.75) is 0 Å². The number of aromatic nitrogens is 2. The number of nitrogens with zero attached hydrogens (tertiary/aromatic N) is 4. The lowest BCUT2D eigenvalue weighted by Gasteiger charge is -2.07. The molecule has 7 nitrogen and oxygen atoms in total. The number of methoxy groups -OCH3 is 1. The summed E-state index contributed by atoms with van der Waals surface area (Å²) in [6.45, 7) is 0. The van der Waals surface area contributed by atoms with Crippen LogP contribution < -0.4 is 10.3 Å². The maximum absolute atomic E-state index is 13.3. The number of ether oxygens (including phenoxy) is 1. The zero-order valence-corrected chi connectivity index (χ0v) is 17.0. The van der Waals surface area contributed by atoms with Gasteiger partial charge in [0, 0.05) is 0 Å². The largest absolute Gasteiger partial charge is 0.496 e. The maximum Gasteiger partial charge on any atom is 0.282 e. The van der Waals surface area contributed by atoms with Crippen molar-refractivity contribution in [3.05, 3.63) is 94.3 Å². The molecule has 0 fully saturated rings. The Morgan fingerprint density at radius 1 is 1.06 bits per heavy atom. The Bertz CT molecular complexity index is 1590. The lowest BCUT2D eigenvalue weighted by molar-refractivity contribution is 0.419. The zero-order chi connectivity index (χ0) is 22.1. The lowest BCUT2D eigenvalue weighted by atomic mass is 10.2. The molecule has 3 aromatic carbocycles. The predicted molar refractivity (Wildman–Crippen MR) is 122 cm³/mol. The third-order valence-corrected chi connectivity index (χ3v) is 5.08. The van der Waals surface area contributed by atoms with Gasteiger partial charge in [-0.2, -0.15) is 15.0 Å². The van der Waals surface area contributed by atoms with Crippen molar-refractivity contribution in [2.24, 2.45) is 5.10 Å². The van der Waals surface area contributed by atoms with E-state index in [1.165, 1.54) is 4.68 Å². The Balaban J connectivity index is 1.72. The number of fused-ring (bicyclic) bond motifs is 2. The summed E-state index contributed by atoms with van der Waals surface area (Å²) in [5.41, 5.74) is 2.13. The molecule has 0 bridgehead atoms. The van der Waals surface area contributed by atoms with Crippen LogP contribution in [-0.2, 0) is 0 Å². The molecule has 154 valence electrons. The van der Waals surface area contributed by atoms with E-state index in [0.29, 0.717) is 33.6 Å². The van der Waals surface area contributed by atoms with E-state index in [2.05, 4.69) is 16.2 Å². The third kappa shape index (κ3) is 3.30. The minimum Gasteiger partial charge on any atom is -0.496 e. The fourth-order valence-electron chi connectivity index (χ4n) is 3.48. The van der Waals surface area contributed by atoms with Gasteiger partial charge in [-0.3, -0.25) is 4.79 Å². The molecule has 0 aliphatic heterocycles. The molecule has 0 spiro atoms. The lowest BCUT2D eigenvalue weighted by Crippen LogP contribution is -2.20. The van der Waals surface area contributed by atoms with Gasteiger partial charge >= 0.3 is 0 Å². The second-order valence-corrected chi connectivity index (χ2v) is 7.03. The second-order valence-electron chi connectivity index (χ2n) is 7.03. The highest BCUT2D eigenvalue weighted by Crippen LogP contribution is 2.32. The summed E-state index contributed by atoms with van der Waals surface area (Å²) in [6, 6.07) is 23.4. The van der Waals surface area contributed by atoms with Gasteiger partial charge in [0.05, 0.1) is 41.2 Å². The van der Waals surface area contributed by atoms with Crippen LogP contribution in [0.3, 0.4) is 0 Å². The number of rotatable bonds is 4. The molecule has 5 aromatic rings. The predicted octanol–water partition coefficient (Wildman–Crippen LogP) is 4.57. The van der Waals surface area contributed by atoms with E-state index in [1.807, 2.05) is 24.3 Å². The first-order valence-electron chi connectivity index (χ1n) is 9.81. The minimum absolute atomic E-state index is 0.275. The number of hydrogen-bond donors (Lipinski definition) is 0. The third-order valence-electron chi connectivity index (χ3n) is 5.08. The first-order chi connectivity index (χ1) is 15.7. The molecule has 32 heavy (non-hydrogen) atoms. The van der Waals surface area contributed by atoms with Crippen molar-refractivity contribution in [1.82, 2.24) is 9.66 Å². The Morgan fingerprint density at radius 2 is 1.88 bits per heavy atom. The fraction of sp³-hybridized carbons (Fsp3) is 0.0400. The SMILES string of the molecule is COc1cccc2oc(-c3nc4ccccc4c(=O)n3N=Cc3ccc(C#N)cc3)cc12. The maximum atomic E-state index is 13.3. The highest BCUT2D eigenvalue weighted by Gasteiger charge is 2.17. The molecule has 2 heterocycles. The van der Waals surface area contributed by atoms with E-state index in [0.717, 1.165) is 10.9 Å². The van der Waals surface area contributed by atoms with Crippen LogP contribution in [0.25, 0.3) is 33.5 Å². The average Bonchev–Trinajstić information content (AvgIpc) is 3.28. The number of furan rings is 1. The van der Waals surface area contributed by atoms with Gasteiger partial charge < -0.3 is 9.15 Å². The Morgan fingerprint density at radius 3 is 2.66 bits per heavy atom. The Hall–Kier alpha value is -4.70. The highest BCUT2D eigenvalue weighted by molar-refractivity contribution is 5.88. The van der Waals surface area contributed by atoms with Gasteiger partial charge in [-0.05, 0) is 48.0 Å². The van der Waals surface area contributed by atoms with E-state index in [4.69, 9.17) is 14.4 Å². The van der Waals surface area contributed by atoms with Gasteiger partial charge in [-0.15, -0.1) is 0 Å². The molecule has 0 amide bonds. The van der Waals surface area contributed by atoms with Crippen LogP contribution in [0.5, 0.6) is 5.75 Å². The fourth-order valence-corrected chi connectivity index (χ4v) is 3.48. The summed E-state index contributed by atoms with van der Waals surface area (Å²) in [7, 11) is 1.59. The van der Waals surface area contributed by atoms with Gasteiger partial charge in [-0.1, -0.05) is 30.3 Å². The standard InChI is InChI=1S/C25H16N4O3/c1-31-21-7-4-8-22-19(21)13-23(32-22)24-28-20-6-3-2-5-18(20)25(30)29(24)27-15-17-11-9-16(14-26)10-12-17/h2-13,15H,1H3. The summed E-state index contributed by atoms with van der Waals surface area (Å²) >= 11 is 0. The quantitative estimate of drug-likeness (QED) is 0.397. The average molecular weight is 420 g/mol. The van der Waals surface area contributed by atoms with Gasteiger partial charge in [0.25, 0.3) is 5.56 Å². The summed E-state index contributed by atoms with van der Waals surface area (Å²) in [6.07, 6.45) is 1.55. The first kappa shape index (κ1) is 19.3. The van der Waals surface area contributed by atoms with E-state index in [-0.39, 0.29) is 11.4 Å².